The topological polar surface area (TPSA) is 0 Å². The highest BCUT2D eigenvalue weighted by Gasteiger charge is 2.72. The molecular formula is C11H18BrF7Si. The molecule has 0 spiro atoms. The van der Waals surface area contributed by atoms with Gasteiger partial charge in [0, 0.05) is 6.42 Å². The van der Waals surface area contributed by atoms with E-state index in [4.69, 9.17) is 0 Å². The minimum absolute atomic E-state index is 0.0576. The lowest BCUT2D eigenvalue weighted by Gasteiger charge is -2.36. The van der Waals surface area contributed by atoms with Crippen LogP contribution in [-0.4, -0.2) is 24.7 Å². The highest BCUT2D eigenvalue weighted by Crippen LogP contribution is 2.51. The number of halogens is 8. The molecule has 9 heteroatoms. The second-order valence-electron chi connectivity index (χ2n) is 5.51. The van der Waals surface area contributed by atoms with Crippen LogP contribution in [0.1, 0.15) is 34.1 Å². The largest absolute Gasteiger partial charge is 0.459 e. The van der Waals surface area contributed by atoms with E-state index >= 15 is 0 Å². The van der Waals surface area contributed by atoms with E-state index in [1.54, 1.807) is 27.7 Å². The van der Waals surface area contributed by atoms with E-state index in [2.05, 4.69) is 15.3 Å². The summed E-state index contributed by atoms with van der Waals surface area (Å²) in [6.07, 6.45) is -7.73. The molecule has 0 saturated carbocycles. The normalized spacial score (nSPS) is 15.3. The predicted molar refractivity (Wildman–Crippen MR) is 70.3 cm³/mol. The minimum Gasteiger partial charge on any atom is -0.200 e. The molecule has 0 aromatic carbocycles. The molecule has 122 valence electrons. The molecule has 0 aromatic heterocycles. The van der Waals surface area contributed by atoms with E-state index in [0.29, 0.717) is 0 Å². The Balaban J connectivity index is 5.14. The van der Waals surface area contributed by atoms with Crippen molar-refractivity contribution in [3.8, 4) is 0 Å². The first-order valence-corrected chi connectivity index (χ1v) is 10.7. The van der Waals surface area contributed by atoms with E-state index in [1.165, 1.54) is 0 Å². The molecule has 0 fully saturated rings. The molecule has 0 heterocycles. The van der Waals surface area contributed by atoms with Gasteiger partial charge in [-0.1, -0.05) is 27.7 Å². The highest BCUT2D eigenvalue weighted by molar-refractivity contribution is 9.26. The minimum atomic E-state index is -6.25. The van der Waals surface area contributed by atoms with Gasteiger partial charge in [0.2, 0.25) is 0 Å². The summed E-state index contributed by atoms with van der Waals surface area (Å²) in [6, 6.07) is -0.346. The maximum Gasteiger partial charge on any atom is 0.459 e. The fourth-order valence-corrected chi connectivity index (χ4v) is 5.74. The summed E-state index contributed by atoms with van der Waals surface area (Å²) in [5.41, 5.74) is -0.115. The third-order valence-corrected chi connectivity index (χ3v) is 15.1. The van der Waals surface area contributed by atoms with E-state index in [1.807, 2.05) is 0 Å². The number of rotatable bonds is 6. The molecule has 0 saturated heterocycles. The fraction of sp³-hybridized carbons (Fsp3) is 1.00. The van der Waals surface area contributed by atoms with E-state index in [-0.39, 0.29) is 17.1 Å². The van der Waals surface area contributed by atoms with Crippen molar-refractivity contribution in [3.05, 3.63) is 0 Å². The SMILES string of the molecule is CC(C)[Si](Br)(CCC(F)(F)C(F)(F)C(F)(F)F)C(C)C. The Morgan fingerprint density at radius 1 is 0.850 bits per heavy atom. The number of hydrogen-bond acceptors (Lipinski definition) is 0. The van der Waals surface area contributed by atoms with Crippen LogP contribution in [0, 0.1) is 0 Å². The second-order valence-corrected chi connectivity index (χ2v) is 14.6. The van der Waals surface area contributed by atoms with E-state index < -0.39 is 31.1 Å². The molecule has 0 aliphatic heterocycles. The molecule has 20 heavy (non-hydrogen) atoms. The van der Waals surface area contributed by atoms with Crippen LogP contribution in [0.4, 0.5) is 30.7 Å². The van der Waals surface area contributed by atoms with Crippen molar-refractivity contribution in [1.29, 1.82) is 0 Å². The molecule has 0 radical (unpaired) electrons. The van der Waals surface area contributed by atoms with Gasteiger partial charge in [0.05, 0.1) is 0 Å². The standard InChI is InChI=1S/C11H18BrF7Si/c1-7(2)20(12,8(3)4)6-5-9(13,14)10(15,16)11(17,18)19/h7-8H,5-6H2,1-4H3. The fourth-order valence-electron chi connectivity index (χ4n) is 1.96. The summed E-state index contributed by atoms with van der Waals surface area (Å²) in [5.74, 6) is -11.1. The van der Waals surface area contributed by atoms with Crippen LogP contribution in [0.5, 0.6) is 0 Å². The first-order chi connectivity index (χ1) is 8.59. The van der Waals surface area contributed by atoms with Gasteiger partial charge in [-0.3, -0.25) is 0 Å². The maximum atomic E-state index is 13.3. The monoisotopic (exact) mass is 390 g/mol. The summed E-state index contributed by atoms with van der Waals surface area (Å²) in [5, 5.41) is 0. The quantitative estimate of drug-likeness (QED) is 0.280. The van der Waals surface area contributed by atoms with Crippen LogP contribution in [0.25, 0.3) is 0 Å². The Hall–Kier alpha value is 0.207. The van der Waals surface area contributed by atoms with Crippen LogP contribution in [0.2, 0.25) is 17.1 Å². The lowest BCUT2D eigenvalue weighted by Crippen LogP contribution is -2.52. The average molecular weight is 391 g/mol. The van der Waals surface area contributed by atoms with Gasteiger partial charge in [-0.15, -0.1) is 15.3 Å². The van der Waals surface area contributed by atoms with Crippen molar-refractivity contribution in [1.82, 2.24) is 0 Å². The third kappa shape index (κ3) is 3.89. The van der Waals surface area contributed by atoms with Crippen molar-refractivity contribution in [2.24, 2.45) is 0 Å². The molecular weight excluding hydrogens is 373 g/mol. The zero-order chi connectivity index (χ0) is 16.6. The van der Waals surface area contributed by atoms with Gasteiger partial charge < -0.3 is 0 Å². The van der Waals surface area contributed by atoms with Gasteiger partial charge in [0.1, 0.15) is 6.69 Å². The highest BCUT2D eigenvalue weighted by atomic mass is 79.9. The lowest BCUT2D eigenvalue weighted by molar-refractivity contribution is -0.354. The first-order valence-electron chi connectivity index (χ1n) is 6.11. The Morgan fingerprint density at radius 3 is 1.45 bits per heavy atom. The maximum absolute atomic E-state index is 13.3. The molecule has 0 rings (SSSR count). The van der Waals surface area contributed by atoms with Crippen LogP contribution >= 0.6 is 15.3 Å². The molecule has 0 atom stereocenters. The van der Waals surface area contributed by atoms with Gasteiger partial charge in [0.25, 0.3) is 0 Å². The molecule has 0 aliphatic carbocycles. The molecule has 0 bridgehead atoms. The molecule has 0 aliphatic rings. The van der Waals surface area contributed by atoms with Crippen molar-refractivity contribution in [2.45, 2.75) is 69.3 Å². The predicted octanol–water partition coefficient (Wildman–Crippen LogP) is 6.37. The number of alkyl halides is 7. The van der Waals surface area contributed by atoms with Gasteiger partial charge in [-0.2, -0.15) is 30.7 Å². The molecule has 0 unspecified atom stereocenters. The third-order valence-electron chi connectivity index (χ3n) is 3.56. The summed E-state index contributed by atoms with van der Waals surface area (Å²) >= 11 is 3.36. The van der Waals surface area contributed by atoms with Crippen molar-refractivity contribution < 1.29 is 30.7 Å². The summed E-state index contributed by atoms with van der Waals surface area (Å²) in [4.78, 5) is 0. The Kier molecular flexibility index (Phi) is 6.20. The van der Waals surface area contributed by atoms with Crippen LogP contribution < -0.4 is 0 Å². The van der Waals surface area contributed by atoms with Crippen LogP contribution in [0.3, 0.4) is 0 Å². The van der Waals surface area contributed by atoms with Crippen LogP contribution in [0.15, 0.2) is 0 Å². The Bertz CT molecular complexity index is 317. The summed E-state index contributed by atoms with van der Waals surface area (Å²) in [7, 11) is 0. The van der Waals surface area contributed by atoms with E-state index in [9.17, 15) is 30.7 Å². The average Bonchev–Trinajstić information content (AvgIpc) is 2.23. The van der Waals surface area contributed by atoms with Gasteiger partial charge in [-0.05, 0) is 17.1 Å². The second kappa shape index (κ2) is 6.14. The van der Waals surface area contributed by atoms with Crippen molar-refractivity contribution in [2.75, 3.05) is 0 Å². The summed E-state index contributed by atoms with van der Waals surface area (Å²) < 4.78 is 88.3. The Morgan fingerprint density at radius 2 is 1.20 bits per heavy atom. The van der Waals surface area contributed by atoms with Gasteiger partial charge in [0.15, 0.2) is 0 Å². The molecule has 0 aromatic rings. The van der Waals surface area contributed by atoms with Crippen molar-refractivity contribution in [3.63, 3.8) is 0 Å². The zero-order valence-electron chi connectivity index (χ0n) is 11.6. The first kappa shape index (κ1) is 20.2. The zero-order valence-corrected chi connectivity index (χ0v) is 14.2. The molecule has 0 amide bonds. The lowest BCUT2D eigenvalue weighted by atomic mass is 10.1. The molecule has 0 N–H and O–H groups in total. The molecule has 0 nitrogen and oxygen atoms in total. The summed E-state index contributed by atoms with van der Waals surface area (Å²) in [6.45, 7) is 4.48. The van der Waals surface area contributed by atoms with E-state index in [0.717, 1.165) is 0 Å². The van der Waals surface area contributed by atoms with Crippen molar-refractivity contribution >= 4 is 22.0 Å². The number of hydrogen-bond donors (Lipinski definition) is 0. The van der Waals surface area contributed by atoms with Gasteiger partial charge >= 0.3 is 18.0 Å². The van der Waals surface area contributed by atoms with Gasteiger partial charge in [-0.25, -0.2) is 0 Å². The Labute approximate surface area is 122 Å². The van der Waals surface area contributed by atoms with Crippen LogP contribution in [-0.2, 0) is 0 Å². The smallest absolute Gasteiger partial charge is 0.200 e.